The summed E-state index contributed by atoms with van der Waals surface area (Å²) in [6.45, 7) is 4.34. The minimum atomic E-state index is 0.500. The summed E-state index contributed by atoms with van der Waals surface area (Å²) in [6, 6.07) is 2.01. The molecule has 0 aromatic carbocycles. The molecule has 3 rings (SSSR count). The molecule has 0 saturated heterocycles. The first-order chi connectivity index (χ1) is 9.67. The third-order valence-corrected chi connectivity index (χ3v) is 3.84. The highest BCUT2D eigenvalue weighted by atomic mass is 32.1. The Balaban J connectivity index is 1.88. The summed E-state index contributed by atoms with van der Waals surface area (Å²) in [7, 11) is 1.80. The molecule has 0 radical (unpaired) electrons. The maximum atomic E-state index is 5.56. The third-order valence-electron chi connectivity index (χ3n) is 3.03. The molecule has 0 amide bonds. The number of anilines is 2. The first-order valence-corrected chi connectivity index (χ1v) is 7.15. The number of nitrogens with one attached hydrogen (secondary N) is 2. The Bertz CT molecular complexity index is 729. The molecule has 6 nitrogen and oxygen atoms in total. The van der Waals surface area contributed by atoms with Gasteiger partial charge in [0.15, 0.2) is 0 Å². The molecule has 0 bridgehead atoms. The van der Waals surface area contributed by atoms with Crippen LogP contribution in [0.15, 0.2) is 15.9 Å². The predicted molar refractivity (Wildman–Crippen MR) is 80.3 cm³/mol. The molecular formula is C13H15N5OS. The largest absolute Gasteiger partial charge is 0.444 e. The fraction of sp³-hybridized carbons (Fsp3) is 0.308. The van der Waals surface area contributed by atoms with Gasteiger partial charge in [-0.2, -0.15) is 4.98 Å². The van der Waals surface area contributed by atoms with E-state index in [1.165, 1.54) is 0 Å². The molecule has 20 heavy (non-hydrogen) atoms. The van der Waals surface area contributed by atoms with E-state index in [0.29, 0.717) is 18.4 Å². The zero-order chi connectivity index (χ0) is 14.1. The smallest absolute Gasteiger partial charge is 0.225 e. The van der Waals surface area contributed by atoms with E-state index in [0.717, 1.165) is 27.5 Å². The van der Waals surface area contributed by atoms with Crippen LogP contribution in [0.2, 0.25) is 0 Å². The Hall–Kier alpha value is -2.15. The highest BCUT2D eigenvalue weighted by Crippen LogP contribution is 2.26. The minimum Gasteiger partial charge on any atom is -0.444 e. The zero-order valence-corrected chi connectivity index (χ0v) is 12.3. The van der Waals surface area contributed by atoms with Crippen LogP contribution in [0.1, 0.15) is 17.3 Å². The van der Waals surface area contributed by atoms with E-state index in [1.54, 1.807) is 18.4 Å². The fourth-order valence-electron chi connectivity index (χ4n) is 1.88. The summed E-state index contributed by atoms with van der Waals surface area (Å²) in [5.74, 6) is 2.89. The van der Waals surface area contributed by atoms with Crippen molar-refractivity contribution in [3.63, 3.8) is 0 Å². The van der Waals surface area contributed by atoms with Gasteiger partial charge in [-0.05, 0) is 25.3 Å². The number of fused-ring (bicyclic) bond motifs is 1. The molecule has 3 aromatic heterocycles. The van der Waals surface area contributed by atoms with Gasteiger partial charge in [0, 0.05) is 7.05 Å². The number of hydrogen-bond donors (Lipinski definition) is 2. The van der Waals surface area contributed by atoms with Crippen molar-refractivity contribution in [1.82, 2.24) is 15.0 Å². The predicted octanol–water partition coefficient (Wildman–Crippen LogP) is 2.95. The van der Waals surface area contributed by atoms with Crippen molar-refractivity contribution >= 4 is 33.3 Å². The van der Waals surface area contributed by atoms with E-state index >= 15 is 0 Å². The molecular weight excluding hydrogens is 274 g/mol. The number of thiophene rings is 1. The first-order valence-electron chi connectivity index (χ1n) is 6.27. The number of rotatable bonds is 4. The summed E-state index contributed by atoms with van der Waals surface area (Å²) in [5.41, 5.74) is 0.918. The molecule has 3 heterocycles. The standard InChI is InChI=1S/C13H15N5OS/c1-7-8(2)19-10(16-7)6-15-11-9-4-5-20-12(9)18-13(14-3)17-11/h4-5H,6H2,1-3H3,(H2,14,15,17,18). The highest BCUT2D eigenvalue weighted by molar-refractivity contribution is 7.16. The molecule has 0 atom stereocenters. The normalized spacial score (nSPS) is 10.9. The van der Waals surface area contributed by atoms with Crippen molar-refractivity contribution in [3.05, 3.63) is 28.8 Å². The Labute approximate surface area is 120 Å². The lowest BCUT2D eigenvalue weighted by Crippen LogP contribution is -2.05. The maximum absolute atomic E-state index is 5.56. The maximum Gasteiger partial charge on any atom is 0.225 e. The Morgan fingerprint density at radius 3 is 2.80 bits per heavy atom. The van der Waals surface area contributed by atoms with Crippen LogP contribution < -0.4 is 10.6 Å². The Morgan fingerprint density at radius 2 is 2.10 bits per heavy atom. The average Bonchev–Trinajstić information content (AvgIpc) is 3.03. The van der Waals surface area contributed by atoms with Crippen LogP contribution in [-0.2, 0) is 6.54 Å². The van der Waals surface area contributed by atoms with E-state index in [-0.39, 0.29) is 0 Å². The molecule has 0 aliphatic rings. The van der Waals surface area contributed by atoms with Gasteiger partial charge in [0.25, 0.3) is 0 Å². The van der Waals surface area contributed by atoms with E-state index in [4.69, 9.17) is 4.42 Å². The molecule has 0 spiro atoms. The SMILES string of the molecule is CNc1nc(NCc2nc(C)c(C)o2)c2ccsc2n1. The van der Waals surface area contributed by atoms with E-state index in [2.05, 4.69) is 25.6 Å². The molecule has 0 saturated carbocycles. The highest BCUT2D eigenvalue weighted by Gasteiger charge is 2.10. The van der Waals surface area contributed by atoms with Gasteiger partial charge < -0.3 is 15.1 Å². The number of nitrogens with zero attached hydrogens (tertiary/aromatic N) is 3. The van der Waals surface area contributed by atoms with Gasteiger partial charge >= 0.3 is 0 Å². The topological polar surface area (TPSA) is 75.9 Å². The van der Waals surface area contributed by atoms with Crippen molar-refractivity contribution < 1.29 is 4.42 Å². The zero-order valence-electron chi connectivity index (χ0n) is 11.5. The quantitative estimate of drug-likeness (QED) is 0.769. The number of aryl methyl sites for hydroxylation is 2. The van der Waals surface area contributed by atoms with Crippen LogP contribution in [0.5, 0.6) is 0 Å². The number of hydrogen-bond acceptors (Lipinski definition) is 7. The van der Waals surface area contributed by atoms with Gasteiger partial charge in [-0.15, -0.1) is 11.3 Å². The summed E-state index contributed by atoms with van der Waals surface area (Å²) >= 11 is 1.59. The van der Waals surface area contributed by atoms with E-state index in [9.17, 15) is 0 Å². The van der Waals surface area contributed by atoms with Crippen molar-refractivity contribution in [2.45, 2.75) is 20.4 Å². The van der Waals surface area contributed by atoms with Gasteiger partial charge in [-0.25, -0.2) is 9.97 Å². The fourth-order valence-corrected chi connectivity index (χ4v) is 2.64. The van der Waals surface area contributed by atoms with Gasteiger partial charge in [-0.3, -0.25) is 0 Å². The van der Waals surface area contributed by atoms with Crippen LogP contribution in [0.3, 0.4) is 0 Å². The molecule has 2 N–H and O–H groups in total. The number of aromatic nitrogens is 3. The summed E-state index contributed by atoms with van der Waals surface area (Å²) in [4.78, 5) is 14.1. The molecule has 104 valence electrons. The van der Waals surface area contributed by atoms with Crippen LogP contribution in [0, 0.1) is 13.8 Å². The van der Waals surface area contributed by atoms with Gasteiger partial charge in [0.05, 0.1) is 17.6 Å². The van der Waals surface area contributed by atoms with E-state index < -0.39 is 0 Å². The summed E-state index contributed by atoms with van der Waals surface area (Å²) < 4.78 is 5.56. The van der Waals surface area contributed by atoms with Crippen LogP contribution in [-0.4, -0.2) is 22.0 Å². The van der Waals surface area contributed by atoms with Gasteiger partial charge in [0.2, 0.25) is 11.8 Å². The summed E-state index contributed by atoms with van der Waals surface area (Å²) in [5, 5.41) is 9.24. The monoisotopic (exact) mass is 289 g/mol. The Kier molecular flexibility index (Phi) is 3.27. The average molecular weight is 289 g/mol. The van der Waals surface area contributed by atoms with Gasteiger partial charge in [0.1, 0.15) is 16.4 Å². The van der Waals surface area contributed by atoms with Crippen molar-refractivity contribution in [2.75, 3.05) is 17.7 Å². The second-order valence-corrected chi connectivity index (χ2v) is 5.28. The lowest BCUT2D eigenvalue weighted by Gasteiger charge is -2.06. The van der Waals surface area contributed by atoms with Crippen molar-refractivity contribution in [3.8, 4) is 0 Å². The van der Waals surface area contributed by atoms with Crippen LogP contribution >= 0.6 is 11.3 Å². The van der Waals surface area contributed by atoms with Crippen LogP contribution in [0.4, 0.5) is 11.8 Å². The summed E-state index contributed by atoms with van der Waals surface area (Å²) in [6.07, 6.45) is 0. The molecule has 7 heteroatoms. The Morgan fingerprint density at radius 1 is 1.25 bits per heavy atom. The molecule has 0 aliphatic heterocycles. The number of oxazole rings is 1. The van der Waals surface area contributed by atoms with Gasteiger partial charge in [-0.1, -0.05) is 0 Å². The second kappa shape index (κ2) is 5.09. The first kappa shape index (κ1) is 12.9. The minimum absolute atomic E-state index is 0.500. The lowest BCUT2D eigenvalue weighted by molar-refractivity contribution is 0.478. The van der Waals surface area contributed by atoms with Crippen LogP contribution in [0.25, 0.3) is 10.2 Å². The molecule has 3 aromatic rings. The second-order valence-electron chi connectivity index (χ2n) is 4.39. The third kappa shape index (κ3) is 2.32. The van der Waals surface area contributed by atoms with Crippen molar-refractivity contribution in [2.24, 2.45) is 0 Å². The molecule has 0 aliphatic carbocycles. The van der Waals surface area contributed by atoms with Crippen molar-refractivity contribution in [1.29, 1.82) is 0 Å². The molecule has 0 unspecified atom stereocenters. The van der Waals surface area contributed by atoms with E-state index in [1.807, 2.05) is 25.3 Å². The molecule has 0 fully saturated rings. The lowest BCUT2D eigenvalue weighted by atomic mass is 10.4.